The second kappa shape index (κ2) is 9.69. The normalized spacial score (nSPS) is 19.9. The van der Waals surface area contributed by atoms with Crippen LogP contribution in [0.2, 0.25) is 0 Å². The van der Waals surface area contributed by atoms with Crippen LogP contribution >= 0.6 is 11.8 Å². The number of piperidine rings is 1. The minimum Gasteiger partial charge on any atom is -0.341 e. The van der Waals surface area contributed by atoms with Crippen LogP contribution in [0.15, 0.2) is 65.8 Å². The van der Waals surface area contributed by atoms with Crippen LogP contribution in [0.3, 0.4) is 0 Å². The number of amides is 1. The van der Waals surface area contributed by atoms with Crippen molar-refractivity contribution in [3.05, 3.63) is 72.1 Å². The Bertz CT molecular complexity index is 995. The monoisotopic (exact) mass is 434 g/mol. The first-order chi connectivity index (χ1) is 15.0. The maximum absolute atomic E-state index is 13.2. The van der Waals surface area contributed by atoms with Gasteiger partial charge in [0.15, 0.2) is 5.16 Å². The molecule has 1 fully saturated rings. The molecule has 3 unspecified atom stereocenters. The van der Waals surface area contributed by atoms with Crippen molar-refractivity contribution in [1.82, 2.24) is 19.7 Å². The summed E-state index contributed by atoms with van der Waals surface area (Å²) in [4.78, 5) is 15.2. The first-order valence-corrected chi connectivity index (χ1v) is 11.9. The average Bonchev–Trinajstić information content (AvgIpc) is 3.15. The third-order valence-electron chi connectivity index (χ3n) is 5.73. The zero-order valence-corrected chi connectivity index (χ0v) is 19.3. The SMILES string of the molecule is CC1CC(C)CN(C(=O)C(C)Sc2nnc(Cc3ccccc3)n2-c2ccccc2)C1. The highest BCUT2D eigenvalue weighted by Gasteiger charge is 2.30. The fourth-order valence-corrected chi connectivity index (χ4v) is 5.38. The molecule has 31 heavy (non-hydrogen) atoms. The fourth-order valence-electron chi connectivity index (χ4n) is 4.41. The van der Waals surface area contributed by atoms with E-state index in [9.17, 15) is 4.79 Å². The fraction of sp³-hybridized carbons (Fsp3) is 0.400. The first-order valence-electron chi connectivity index (χ1n) is 11.0. The Morgan fingerprint density at radius 1 is 1.00 bits per heavy atom. The lowest BCUT2D eigenvalue weighted by atomic mass is 9.92. The lowest BCUT2D eigenvalue weighted by Crippen LogP contribution is -2.45. The van der Waals surface area contributed by atoms with Crippen molar-refractivity contribution in [3.8, 4) is 5.69 Å². The summed E-state index contributed by atoms with van der Waals surface area (Å²) in [7, 11) is 0. The van der Waals surface area contributed by atoms with Crippen LogP contribution < -0.4 is 0 Å². The predicted octanol–water partition coefficient (Wildman–Crippen LogP) is 4.84. The number of carbonyl (C=O) groups is 1. The minimum atomic E-state index is -0.214. The average molecular weight is 435 g/mol. The van der Waals surface area contributed by atoms with Gasteiger partial charge in [-0.1, -0.05) is 74.1 Å². The molecule has 1 aliphatic heterocycles. The number of para-hydroxylation sites is 1. The van der Waals surface area contributed by atoms with Gasteiger partial charge in [0, 0.05) is 25.2 Å². The molecule has 162 valence electrons. The lowest BCUT2D eigenvalue weighted by molar-refractivity contribution is -0.132. The Labute approximate surface area is 188 Å². The molecule has 1 saturated heterocycles. The number of likely N-dealkylation sites (tertiary alicyclic amines) is 1. The third-order valence-corrected chi connectivity index (χ3v) is 6.76. The number of thioether (sulfide) groups is 1. The molecule has 1 amide bonds. The molecule has 3 aromatic rings. The van der Waals surface area contributed by atoms with E-state index in [1.807, 2.05) is 48.2 Å². The molecule has 0 spiro atoms. The van der Waals surface area contributed by atoms with Gasteiger partial charge in [0.1, 0.15) is 5.82 Å². The molecule has 0 N–H and O–H groups in total. The van der Waals surface area contributed by atoms with Gasteiger partial charge in [0.05, 0.1) is 5.25 Å². The van der Waals surface area contributed by atoms with E-state index in [2.05, 4.69) is 52.9 Å². The molecular weight excluding hydrogens is 404 g/mol. The van der Waals surface area contributed by atoms with Crippen LogP contribution in [0.25, 0.3) is 5.69 Å². The van der Waals surface area contributed by atoms with Crippen LogP contribution in [0, 0.1) is 11.8 Å². The molecule has 2 heterocycles. The second-order valence-electron chi connectivity index (χ2n) is 8.68. The van der Waals surface area contributed by atoms with Crippen LogP contribution in [0.1, 0.15) is 38.6 Å². The zero-order chi connectivity index (χ0) is 21.8. The number of nitrogens with zero attached hydrogens (tertiary/aromatic N) is 4. The van der Waals surface area contributed by atoms with Crippen molar-refractivity contribution in [3.63, 3.8) is 0 Å². The molecule has 0 bridgehead atoms. The summed E-state index contributed by atoms with van der Waals surface area (Å²) in [5, 5.41) is 9.54. The van der Waals surface area contributed by atoms with Gasteiger partial charge >= 0.3 is 0 Å². The molecule has 1 aliphatic rings. The van der Waals surface area contributed by atoms with E-state index < -0.39 is 0 Å². The summed E-state index contributed by atoms with van der Waals surface area (Å²) in [6.07, 6.45) is 1.88. The van der Waals surface area contributed by atoms with Crippen molar-refractivity contribution >= 4 is 17.7 Å². The van der Waals surface area contributed by atoms with Crippen molar-refractivity contribution < 1.29 is 4.79 Å². The highest BCUT2D eigenvalue weighted by Crippen LogP contribution is 2.29. The summed E-state index contributed by atoms with van der Waals surface area (Å²) >= 11 is 1.50. The summed E-state index contributed by atoms with van der Waals surface area (Å²) in [6.45, 7) is 8.14. The Hall–Kier alpha value is -2.60. The summed E-state index contributed by atoms with van der Waals surface area (Å²) in [6, 6.07) is 20.4. The van der Waals surface area contributed by atoms with Gasteiger partial charge in [-0.2, -0.15) is 0 Å². The quantitative estimate of drug-likeness (QED) is 0.521. The van der Waals surface area contributed by atoms with E-state index >= 15 is 0 Å². The van der Waals surface area contributed by atoms with Crippen LogP contribution in [-0.2, 0) is 11.2 Å². The summed E-state index contributed by atoms with van der Waals surface area (Å²) < 4.78 is 2.09. The van der Waals surface area contributed by atoms with Gasteiger partial charge in [0.25, 0.3) is 0 Å². The van der Waals surface area contributed by atoms with E-state index in [1.165, 1.54) is 23.7 Å². The Balaban J connectivity index is 1.58. The van der Waals surface area contributed by atoms with Gasteiger partial charge in [-0.05, 0) is 42.9 Å². The molecule has 3 atom stereocenters. The van der Waals surface area contributed by atoms with Crippen molar-refractivity contribution in [2.75, 3.05) is 13.1 Å². The standard InChI is InChI=1S/C25H30N4OS/c1-18-14-19(2)17-28(16-18)24(30)20(3)31-25-27-26-23(15-21-10-6-4-7-11-21)29(25)22-12-8-5-9-13-22/h4-13,18-20H,14-17H2,1-3H3. The molecule has 0 saturated carbocycles. The van der Waals surface area contributed by atoms with Crippen molar-refractivity contribution in [1.29, 1.82) is 0 Å². The van der Waals surface area contributed by atoms with E-state index in [-0.39, 0.29) is 11.2 Å². The van der Waals surface area contributed by atoms with Crippen LogP contribution in [-0.4, -0.2) is 43.9 Å². The first kappa shape index (κ1) is 21.6. The molecule has 4 rings (SSSR count). The van der Waals surface area contributed by atoms with Crippen LogP contribution in [0.4, 0.5) is 0 Å². The van der Waals surface area contributed by atoms with Crippen LogP contribution in [0.5, 0.6) is 0 Å². The molecule has 6 heteroatoms. The van der Waals surface area contributed by atoms with E-state index in [0.717, 1.165) is 29.8 Å². The third kappa shape index (κ3) is 5.18. The van der Waals surface area contributed by atoms with Gasteiger partial charge in [-0.25, -0.2) is 0 Å². The van der Waals surface area contributed by atoms with Crippen molar-refractivity contribution in [2.24, 2.45) is 11.8 Å². The minimum absolute atomic E-state index is 0.190. The second-order valence-corrected chi connectivity index (χ2v) is 9.99. The Morgan fingerprint density at radius 3 is 2.26 bits per heavy atom. The Kier molecular flexibility index (Phi) is 6.76. The van der Waals surface area contributed by atoms with E-state index in [1.54, 1.807) is 0 Å². The molecule has 0 aliphatic carbocycles. The van der Waals surface area contributed by atoms with Crippen molar-refractivity contribution in [2.45, 2.75) is 44.0 Å². The smallest absolute Gasteiger partial charge is 0.235 e. The summed E-state index contributed by atoms with van der Waals surface area (Å²) in [5.41, 5.74) is 2.20. The zero-order valence-electron chi connectivity index (χ0n) is 18.4. The molecule has 5 nitrogen and oxygen atoms in total. The number of rotatable bonds is 6. The summed E-state index contributed by atoms with van der Waals surface area (Å²) in [5.74, 6) is 2.17. The van der Waals surface area contributed by atoms with Gasteiger partial charge < -0.3 is 4.90 Å². The number of hydrogen-bond donors (Lipinski definition) is 0. The predicted molar refractivity (Wildman–Crippen MR) is 125 cm³/mol. The molecule has 0 radical (unpaired) electrons. The topological polar surface area (TPSA) is 51.0 Å². The molecular formula is C25H30N4OS. The number of benzene rings is 2. The highest BCUT2D eigenvalue weighted by molar-refractivity contribution is 8.00. The van der Waals surface area contributed by atoms with Gasteiger partial charge in [0.2, 0.25) is 5.91 Å². The van der Waals surface area contributed by atoms with Gasteiger partial charge in [-0.3, -0.25) is 9.36 Å². The number of carbonyl (C=O) groups excluding carboxylic acids is 1. The van der Waals surface area contributed by atoms with E-state index in [0.29, 0.717) is 18.3 Å². The van der Waals surface area contributed by atoms with Gasteiger partial charge in [-0.15, -0.1) is 10.2 Å². The largest absolute Gasteiger partial charge is 0.341 e. The molecule has 2 aromatic carbocycles. The maximum atomic E-state index is 13.2. The Morgan fingerprint density at radius 2 is 1.61 bits per heavy atom. The molecule has 1 aromatic heterocycles. The highest BCUT2D eigenvalue weighted by atomic mass is 32.2. The number of aromatic nitrogens is 3. The lowest BCUT2D eigenvalue weighted by Gasteiger charge is -2.36. The maximum Gasteiger partial charge on any atom is 0.235 e. The van der Waals surface area contributed by atoms with E-state index in [4.69, 9.17) is 0 Å². The number of hydrogen-bond acceptors (Lipinski definition) is 4.